The van der Waals surface area contributed by atoms with Crippen LogP contribution >= 0.6 is 0 Å². The van der Waals surface area contributed by atoms with Crippen LogP contribution in [-0.2, 0) is 35.1 Å². The number of benzene rings is 1. The fourth-order valence-corrected chi connectivity index (χ4v) is 5.36. The van der Waals surface area contributed by atoms with Crippen molar-refractivity contribution in [3.8, 4) is 5.75 Å². The SMILES string of the molecule is COc1ccc(C[C@H](NC(=O)[C@@H](C)NC(=O)[C@@H]2CCCO2)C(=O)N[C@@H](CC2CCCC2)C(=O)[C@]2(C)CO2)cc1. The minimum atomic E-state index is -0.959. The molecule has 2 saturated heterocycles. The number of epoxide rings is 1. The van der Waals surface area contributed by atoms with Gasteiger partial charge >= 0.3 is 0 Å². The first-order chi connectivity index (χ1) is 18.7. The number of amides is 3. The average Bonchev–Trinajstić information content (AvgIpc) is 3.32. The Labute approximate surface area is 229 Å². The molecule has 3 aliphatic rings. The number of ketones is 1. The molecule has 1 saturated carbocycles. The summed E-state index contributed by atoms with van der Waals surface area (Å²) in [6.07, 6.45) is 5.92. The number of carbonyl (C=O) groups excluding carboxylic acids is 4. The van der Waals surface area contributed by atoms with E-state index in [2.05, 4.69) is 16.0 Å². The number of methoxy groups -OCH3 is 1. The van der Waals surface area contributed by atoms with Crippen LogP contribution in [0.3, 0.4) is 0 Å². The summed E-state index contributed by atoms with van der Waals surface area (Å²) in [5.74, 6) is -0.373. The van der Waals surface area contributed by atoms with E-state index in [1.807, 2.05) is 12.1 Å². The Morgan fingerprint density at radius 2 is 1.64 bits per heavy atom. The number of ether oxygens (including phenoxy) is 3. The Morgan fingerprint density at radius 1 is 0.974 bits per heavy atom. The standard InChI is InChI=1S/C29H41N3O7/c1-18(30-28(36)24-9-6-14-38-24)26(34)32-23(16-20-10-12-21(37-3)13-11-20)27(35)31-22(15-19-7-4-5-8-19)25(33)29(2)17-39-29/h10-13,18-19,22-24H,4-9,14-17H2,1-3H3,(H,30,36)(H,31,35)(H,32,34)/t18-,22+,23+,24+,29+/m1/s1. The predicted octanol–water partition coefficient (Wildman–Crippen LogP) is 1.83. The van der Waals surface area contributed by atoms with Crippen molar-refractivity contribution in [3.05, 3.63) is 29.8 Å². The third-order valence-electron chi connectivity index (χ3n) is 7.98. The van der Waals surface area contributed by atoms with Crippen molar-refractivity contribution in [2.45, 2.75) is 95.0 Å². The van der Waals surface area contributed by atoms with Gasteiger partial charge in [-0.3, -0.25) is 19.2 Å². The van der Waals surface area contributed by atoms with Gasteiger partial charge < -0.3 is 30.2 Å². The summed E-state index contributed by atoms with van der Waals surface area (Å²) in [6, 6.07) is 4.70. The van der Waals surface area contributed by atoms with E-state index in [1.54, 1.807) is 33.1 Å². The molecular formula is C29H41N3O7. The van der Waals surface area contributed by atoms with E-state index in [1.165, 1.54) is 0 Å². The van der Waals surface area contributed by atoms with Gasteiger partial charge in [-0.25, -0.2) is 0 Å². The lowest BCUT2D eigenvalue weighted by atomic mass is 9.90. The number of hydrogen-bond donors (Lipinski definition) is 3. The van der Waals surface area contributed by atoms with Gasteiger partial charge in [-0.15, -0.1) is 0 Å². The zero-order valence-corrected chi connectivity index (χ0v) is 23.1. The van der Waals surface area contributed by atoms with Crippen molar-refractivity contribution in [2.75, 3.05) is 20.3 Å². The van der Waals surface area contributed by atoms with E-state index in [9.17, 15) is 19.2 Å². The molecule has 1 aliphatic carbocycles. The van der Waals surface area contributed by atoms with Crippen LogP contribution in [0.1, 0.15) is 64.4 Å². The van der Waals surface area contributed by atoms with Gasteiger partial charge in [0.1, 0.15) is 29.5 Å². The van der Waals surface area contributed by atoms with Gasteiger partial charge in [-0.2, -0.15) is 0 Å². The highest BCUT2D eigenvalue weighted by Crippen LogP contribution is 2.33. The monoisotopic (exact) mass is 543 g/mol. The summed E-state index contributed by atoms with van der Waals surface area (Å²) >= 11 is 0. The second-order valence-corrected chi connectivity index (χ2v) is 11.2. The maximum absolute atomic E-state index is 13.6. The van der Waals surface area contributed by atoms with E-state index in [0.717, 1.165) is 37.7 Å². The van der Waals surface area contributed by atoms with Crippen molar-refractivity contribution in [3.63, 3.8) is 0 Å². The third kappa shape index (κ3) is 7.79. The topological polar surface area (TPSA) is 135 Å². The van der Waals surface area contributed by atoms with Crippen LogP contribution in [0.4, 0.5) is 0 Å². The zero-order chi connectivity index (χ0) is 28.0. The highest BCUT2D eigenvalue weighted by atomic mass is 16.6. The van der Waals surface area contributed by atoms with Crippen LogP contribution in [0.15, 0.2) is 24.3 Å². The normalized spacial score (nSPS) is 24.8. The summed E-state index contributed by atoms with van der Waals surface area (Å²) in [6.45, 7) is 4.19. The molecule has 0 spiro atoms. The minimum Gasteiger partial charge on any atom is -0.497 e. The van der Waals surface area contributed by atoms with E-state index in [4.69, 9.17) is 14.2 Å². The van der Waals surface area contributed by atoms with Gasteiger partial charge in [0.05, 0.1) is 19.8 Å². The highest BCUT2D eigenvalue weighted by molar-refractivity contribution is 5.98. The van der Waals surface area contributed by atoms with Crippen LogP contribution in [-0.4, -0.2) is 73.7 Å². The van der Waals surface area contributed by atoms with Crippen LogP contribution in [0.25, 0.3) is 0 Å². The molecule has 0 bridgehead atoms. The summed E-state index contributed by atoms with van der Waals surface area (Å²) in [4.78, 5) is 52.5. The Balaban J connectivity index is 1.46. The molecule has 1 aromatic carbocycles. The Bertz CT molecular complexity index is 1030. The van der Waals surface area contributed by atoms with E-state index in [0.29, 0.717) is 37.7 Å². The third-order valence-corrected chi connectivity index (χ3v) is 7.98. The first kappa shape index (κ1) is 29.0. The molecule has 3 fully saturated rings. The summed E-state index contributed by atoms with van der Waals surface area (Å²) < 4.78 is 16.0. The molecule has 214 valence electrons. The molecule has 0 unspecified atom stereocenters. The van der Waals surface area contributed by atoms with Crippen LogP contribution in [0.5, 0.6) is 5.75 Å². The second-order valence-electron chi connectivity index (χ2n) is 11.2. The molecule has 4 rings (SSSR count). The molecule has 3 amide bonds. The second kappa shape index (κ2) is 12.9. The highest BCUT2D eigenvalue weighted by Gasteiger charge is 2.50. The van der Waals surface area contributed by atoms with Crippen molar-refractivity contribution in [2.24, 2.45) is 5.92 Å². The smallest absolute Gasteiger partial charge is 0.249 e. The fourth-order valence-electron chi connectivity index (χ4n) is 5.36. The van der Waals surface area contributed by atoms with Crippen LogP contribution < -0.4 is 20.7 Å². The predicted molar refractivity (Wildman–Crippen MR) is 143 cm³/mol. The number of carbonyl (C=O) groups is 4. The van der Waals surface area contributed by atoms with E-state index >= 15 is 0 Å². The maximum Gasteiger partial charge on any atom is 0.249 e. The average molecular weight is 544 g/mol. The fraction of sp³-hybridized carbons (Fsp3) is 0.655. The molecule has 10 nitrogen and oxygen atoms in total. The van der Waals surface area contributed by atoms with Gasteiger partial charge in [0.15, 0.2) is 5.78 Å². The number of hydrogen-bond acceptors (Lipinski definition) is 7. The molecular weight excluding hydrogens is 502 g/mol. The molecule has 2 aliphatic heterocycles. The molecule has 10 heteroatoms. The van der Waals surface area contributed by atoms with E-state index < -0.39 is 41.6 Å². The first-order valence-corrected chi connectivity index (χ1v) is 14.0. The Morgan fingerprint density at radius 3 is 2.23 bits per heavy atom. The lowest BCUT2D eigenvalue weighted by molar-refractivity contribution is -0.136. The first-order valence-electron chi connectivity index (χ1n) is 14.0. The minimum absolute atomic E-state index is 0.130. The molecule has 5 atom stereocenters. The van der Waals surface area contributed by atoms with Gasteiger partial charge in [-0.1, -0.05) is 37.8 Å². The molecule has 1 aromatic rings. The van der Waals surface area contributed by atoms with Crippen LogP contribution in [0.2, 0.25) is 0 Å². The number of rotatable bonds is 13. The Kier molecular flexibility index (Phi) is 9.61. The summed E-state index contributed by atoms with van der Waals surface area (Å²) in [5, 5.41) is 8.43. The molecule has 0 radical (unpaired) electrons. The molecule has 39 heavy (non-hydrogen) atoms. The number of nitrogens with one attached hydrogen (secondary N) is 3. The maximum atomic E-state index is 13.6. The zero-order valence-electron chi connectivity index (χ0n) is 23.1. The van der Waals surface area contributed by atoms with Crippen molar-refractivity contribution in [1.82, 2.24) is 16.0 Å². The summed E-state index contributed by atoms with van der Waals surface area (Å²) in [7, 11) is 1.57. The van der Waals surface area contributed by atoms with Gasteiger partial charge in [0.25, 0.3) is 0 Å². The summed E-state index contributed by atoms with van der Waals surface area (Å²) in [5.41, 5.74) is -0.0599. The molecule has 2 heterocycles. The van der Waals surface area contributed by atoms with Crippen LogP contribution in [0, 0.1) is 5.92 Å². The van der Waals surface area contributed by atoms with Gasteiger partial charge in [0.2, 0.25) is 17.7 Å². The van der Waals surface area contributed by atoms with Crippen molar-refractivity contribution < 1.29 is 33.4 Å². The number of Topliss-reactive ketones (excluding diaryl/α,β-unsaturated/α-hetero) is 1. The van der Waals surface area contributed by atoms with Crippen molar-refractivity contribution in [1.29, 1.82) is 0 Å². The molecule has 3 N–H and O–H groups in total. The quantitative estimate of drug-likeness (QED) is 0.323. The van der Waals surface area contributed by atoms with E-state index in [-0.39, 0.29) is 18.1 Å². The Hall–Kier alpha value is -2.98. The van der Waals surface area contributed by atoms with Crippen molar-refractivity contribution >= 4 is 23.5 Å². The van der Waals surface area contributed by atoms with Gasteiger partial charge in [0, 0.05) is 13.0 Å². The largest absolute Gasteiger partial charge is 0.497 e. The van der Waals surface area contributed by atoms with Gasteiger partial charge in [-0.05, 0) is 56.7 Å². The lowest BCUT2D eigenvalue weighted by Gasteiger charge is -2.26. The lowest BCUT2D eigenvalue weighted by Crippen LogP contribution is -2.57. The molecule has 0 aromatic heterocycles.